The number of hydrogen-bond acceptors (Lipinski definition) is 5. The molecule has 2 aromatic rings. The van der Waals surface area contributed by atoms with Gasteiger partial charge in [0.05, 0.1) is 20.3 Å². The summed E-state index contributed by atoms with van der Waals surface area (Å²) < 4.78 is 16.7. The zero-order valence-electron chi connectivity index (χ0n) is 10.8. The largest absolute Gasteiger partial charge is 0.481 e. The van der Waals surface area contributed by atoms with Crippen LogP contribution in [0.25, 0.3) is 0 Å². The number of aromatic nitrogens is 2. The van der Waals surface area contributed by atoms with Crippen LogP contribution in [0.2, 0.25) is 0 Å². The van der Waals surface area contributed by atoms with Gasteiger partial charge in [0.15, 0.2) is 0 Å². The summed E-state index contributed by atoms with van der Waals surface area (Å²) in [6, 6.07) is 7.49. The summed E-state index contributed by atoms with van der Waals surface area (Å²) in [5.74, 6) is 1.44. The number of aryl methyl sites for hydroxylation is 1. The average Bonchev–Trinajstić information content (AvgIpc) is 2.42. The molecule has 0 saturated carbocycles. The van der Waals surface area contributed by atoms with Crippen molar-refractivity contribution in [2.24, 2.45) is 0 Å². The average molecular weight is 325 g/mol. The lowest BCUT2D eigenvalue weighted by Crippen LogP contribution is -1.98. The standard InChI is InChI=1S/C13H13BrN2O3/c1-8-4-5-9(14)6-10(8)19-13-15-11(17-2)7-12(16-13)18-3/h4-7H,1-3H3. The highest BCUT2D eigenvalue weighted by Crippen LogP contribution is 2.28. The van der Waals surface area contributed by atoms with Crippen molar-refractivity contribution >= 4 is 15.9 Å². The van der Waals surface area contributed by atoms with Crippen molar-refractivity contribution in [3.8, 4) is 23.5 Å². The number of ether oxygens (including phenoxy) is 3. The number of hydrogen-bond donors (Lipinski definition) is 0. The maximum atomic E-state index is 5.66. The molecule has 19 heavy (non-hydrogen) atoms. The Bertz CT molecular complexity index is 568. The molecule has 6 heteroatoms. The lowest BCUT2D eigenvalue weighted by molar-refractivity contribution is 0.347. The third-order valence-corrected chi connectivity index (χ3v) is 2.92. The van der Waals surface area contributed by atoms with Gasteiger partial charge >= 0.3 is 6.01 Å². The number of methoxy groups -OCH3 is 2. The zero-order valence-corrected chi connectivity index (χ0v) is 12.4. The fourth-order valence-corrected chi connectivity index (χ4v) is 1.76. The molecule has 5 nitrogen and oxygen atoms in total. The van der Waals surface area contributed by atoms with Crippen LogP contribution in [-0.4, -0.2) is 24.2 Å². The normalized spacial score (nSPS) is 10.1. The molecule has 100 valence electrons. The highest BCUT2D eigenvalue weighted by Gasteiger charge is 2.09. The van der Waals surface area contributed by atoms with Gasteiger partial charge in [-0.3, -0.25) is 0 Å². The Kier molecular flexibility index (Phi) is 4.21. The first kappa shape index (κ1) is 13.6. The number of rotatable bonds is 4. The highest BCUT2D eigenvalue weighted by atomic mass is 79.9. The Morgan fingerprint density at radius 1 is 1.00 bits per heavy atom. The van der Waals surface area contributed by atoms with E-state index in [1.807, 2.05) is 25.1 Å². The van der Waals surface area contributed by atoms with Crippen LogP contribution in [0.15, 0.2) is 28.7 Å². The van der Waals surface area contributed by atoms with Gasteiger partial charge in [-0.15, -0.1) is 0 Å². The summed E-state index contributed by atoms with van der Waals surface area (Å²) in [5.41, 5.74) is 0.980. The molecule has 0 unspecified atom stereocenters. The summed E-state index contributed by atoms with van der Waals surface area (Å²) in [6.07, 6.45) is 0. The second-order valence-corrected chi connectivity index (χ2v) is 4.66. The van der Waals surface area contributed by atoms with E-state index in [9.17, 15) is 0 Å². The molecule has 0 fully saturated rings. The van der Waals surface area contributed by atoms with Crippen LogP contribution < -0.4 is 14.2 Å². The van der Waals surface area contributed by atoms with Crippen molar-refractivity contribution < 1.29 is 14.2 Å². The molecule has 1 aromatic heterocycles. The minimum Gasteiger partial charge on any atom is -0.481 e. The third-order valence-electron chi connectivity index (χ3n) is 2.43. The van der Waals surface area contributed by atoms with E-state index in [0.717, 1.165) is 10.0 Å². The van der Waals surface area contributed by atoms with Gasteiger partial charge in [0.1, 0.15) is 5.75 Å². The Hall–Kier alpha value is -1.82. The van der Waals surface area contributed by atoms with Crippen molar-refractivity contribution in [3.63, 3.8) is 0 Å². The van der Waals surface area contributed by atoms with Gasteiger partial charge < -0.3 is 14.2 Å². The molecular formula is C13H13BrN2O3. The Balaban J connectivity index is 2.34. The summed E-state index contributed by atoms with van der Waals surface area (Å²) in [5, 5.41) is 0. The first-order valence-corrected chi connectivity index (χ1v) is 6.32. The molecule has 0 spiro atoms. The molecule has 0 saturated heterocycles. The van der Waals surface area contributed by atoms with E-state index in [0.29, 0.717) is 17.5 Å². The van der Waals surface area contributed by atoms with Crippen LogP contribution in [-0.2, 0) is 0 Å². The molecular weight excluding hydrogens is 312 g/mol. The number of benzene rings is 1. The maximum absolute atomic E-state index is 5.66. The fraction of sp³-hybridized carbons (Fsp3) is 0.231. The highest BCUT2D eigenvalue weighted by molar-refractivity contribution is 9.10. The SMILES string of the molecule is COc1cc(OC)nc(Oc2cc(Br)ccc2C)n1. The summed E-state index contributed by atoms with van der Waals surface area (Å²) in [7, 11) is 3.05. The van der Waals surface area contributed by atoms with E-state index in [-0.39, 0.29) is 6.01 Å². The summed E-state index contributed by atoms with van der Waals surface area (Å²) in [4.78, 5) is 8.23. The lowest BCUT2D eigenvalue weighted by atomic mass is 10.2. The zero-order chi connectivity index (χ0) is 13.8. The minimum absolute atomic E-state index is 0.178. The first-order valence-electron chi connectivity index (χ1n) is 5.53. The molecule has 0 aliphatic carbocycles. The summed E-state index contributed by atoms with van der Waals surface area (Å²) >= 11 is 3.40. The van der Waals surface area contributed by atoms with E-state index < -0.39 is 0 Å². The van der Waals surface area contributed by atoms with E-state index in [1.54, 1.807) is 6.07 Å². The van der Waals surface area contributed by atoms with Crippen LogP contribution in [0, 0.1) is 6.92 Å². The monoisotopic (exact) mass is 324 g/mol. The topological polar surface area (TPSA) is 53.5 Å². The Morgan fingerprint density at radius 2 is 1.63 bits per heavy atom. The molecule has 1 aromatic carbocycles. The second kappa shape index (κ2) is 5.88. The first-order chi connectivity index (χ1) is 9.12. The number of halogens is 1. The van der Waals surface area contributed by atoms with Crippen LogP contribution in [0.3, 0.4) is 0 Å². The van der Waals surface area contributed by atoms with Gasteiger partial charge in [0, 0.05) is 4.47 Å². The predicted molar refractivity (Wildman–Crippen MR) is 74.1 cm³/mol. The molecule has 0 aliphatic rings. The molecule has 1 heterocycles. The predicted octanol–water partition coefficient (Wildman–Crippen LogP) is 3.36. The van der Waals surface area contributed by atoms with Gasteiger partial charge in [-0.25, -0.2) is 0 Å². The van der Waals surface area contributed by atoms with E-state index >= 15 is 0 Å². The van der Waals surface area contributed by atoms with Crippen LogP contribution in [0.1, 0.15) is 5.56 Å². The van der Waals surface area contributed by atoms with Crippen molar-refractivity contribution in [1.29, 1.82) is 0 Å². The smallest absolute Gasteiger partial charge is 0.328 e. The van der Waals surface area contributed by atoms with Gasteiger partial charge in [-0.05, 0) is 24.6 Å². The van der Waals surface area contributed by atoms with Crippen molar-refractivity contribution in [2.75, 3.05) is 14.2 Å². The van der Waals surface area contributed by atoms with Crippen molar-refractivity contribution in [3.05, 3.63) is 34.3 Å². The van der Waals surface area contributed by atoms with Crippen molar-refractivity contribution in [1.82, 2.24) is 9.97 Å². The molecule has 0 atom stereocenters. The van der Waals surface area contributed by atoms with Crippen LogP contribution in [0.4, 0.5) is 0 Å². The summed E-state index contributed by atoms with van der Waals surface area (Å²) in [6.45, 7) is 1.94. The Morgan fingerprint density at radius 3 is 2.21 bits per heavy atom. The van der Waals surface area contributed by atoms with Gasteiger partial charge in [-0.1, -0.05) is 22.0 Å². The quantitative estimate of drug-likeness (QED) is 0.863. The van der Waals surface area contributed by atoms with E-state index in [1.165, 1.54) is 14.2 Å². The molecule has 0 radical (unpaired) electrons. The Labute approximate surface area is 119 Å². The molecule has 0 bridgehead atoms. The third kappa shape index (κ3) is 3.35. The van der Waals surface area contributed by atoms with Gasteiger partial charge in [0.2, 0.25) is 11.8 Å². The molecule has 0 N–H and O–H groups in total. The minimum atomic E-state index is 0.178. The van der Waals surface area contributed by atoms with Gasteiger partial charge in [0.25, 0.3) is 0 Å². The number of nitrogens with zero attached hydrogens (tertiary/aromatic N) is 2. The fourth-order valence-electron chi connectivity index (χ4n) is 1.42. The molecule has 0 amide bonds. The molecule has 2 rings (SSSR count). The van der Waals surface area contributed by atoms with E-state index in [2.05, 4.69) is 25.9 Å². The lowest BCUT2D eigenvalue weighted by Gasteiger charge is -2.09. The van der Waals surface area contributed by atoms with Crippen LogP contribution >= 0.6 is 15.9 Å². The van der Waals surface area contributed by atoms with Crippen LogP contribution in [0.5, 0.6) is 23.5 Å². The van der Waals surface area contributed by atoms with E-state index in [4.69, 9.17) is 14.2 Å². The second-order valence-electron chi connectivity index (χ2n) is 3.75. The van der Waals surface area contributed by atoms with Crippen molar-refractivity contribution in [2.45, 2.75) is 6.92 Å². The van der Waals surface area contributed by atoms with Gasteiger partial charge in [-0.2, -0.15) is 9.97 Å². The molecule has 0 aliphatic heterocycles. The maximum Gasteiger partial charge on any atom is 0.328 e.